The zero-order chi connectivity index (χ0) is 12.1. The van der Waals surface area contributed by atoms with Crippen molar-refractivity contribution in [2.75, 3.05) is 12.4 Å². The van der Waals surface area contributed by atoms with E-state index in [2.05, 4.69) is 46.3 Å². The van der Waals surface area contributed by atoms with Gasteiger partial charge in [0.15, 0.2) is 0 Å². The van der Waals surface area contributed by atoms with Crippen molar-refractivity contribution in [1.82, 2.24) is 0 Å². The van der Waals surface area contributed by atoms with Crippen molar-refractivity contribution < 1.29 is 4.74 Å². The van der Waals surface area contributed by atoms with Crippen LogP contribution in [0.5, 0.6) is 5.75 Å². The lowest BCUT2D eigenvalue weighted by atomic mass is 10.0. The van der Waals surface area contributed by atoms with E-state index in [0.717, 1.165) is 23.1 Å². The Morgan fingerprint density at radius 1 is 1.06 bits per heavy atom. The fourth-order valence-corrected chi connectivity index (χ4v) is 2.31. The lowest BCUT2D eigenvalue weighted by Crippen LogP contribution is -1.92. The number of rotatable bonds is 4. The predicted molar refractivity (Wildman–Crippen MR) is 75.9 cm³/mol. The van der Waals surface area contributed by atoms with Gasteiger partial charge in [-0.2, -0.15) is 0 Å². The fraction of sp³-hybridized carbons (Fsp3) is 0.200. The SMILES string of the molecule is COc1cc(CCBr)ccc1-c1ccccc1. The Labute approximate surface area is 111 Å². The van der Waals surface area contributed by atoms with Crippen LogP contribution in [0.1, 0.15) is 5.56 Å². The van der Waals surface area contributed by atoms with E-state index >= 15 is 0 Å². The van der Waals surface area contributed by atoms with Gasteiger partial charge in [0, 0.05) is 10.9 Å². The topological polar surface area (TPSA) is 9.23 Å². The molecule has 2 aromatic carbocycles. The molecule has 0 amide bonds. The monoisotopic (exact) mass is 290 g/mol. The van der Waals surface area contributed by atoms with Gasteiger partial charge in [-0.1, -0.05) is 58.4 Å². The number of benzene rings is 2. The Bertz CT molecular complexity index is 480. The molecule has 2 rings (SSSR count). The smallest absolute Gasteiger partial charge is 0.126 e. The lowest BCUT2D eigenvalue weighted by molar-refractivity contribution is 0.416. The highest BCUT2D eigenvalue weighted by molar-refractivity contribution is 9.09. The van der Waals surface area contributed by atoms with Crippen LogP contribution in [0.2, 0.25) is 0 Å². The molecule has 2 aromatic rings. The summed E-state index contributed by atoms with van der Waals surface area (Å²) >= 11 is 3.46. The number of hydrogen-bond donors (Lipinski definition) is 0. The van der Waals surface area contributed by atoms with Crippen molar-refractivity contribution in [3.8, 4) is 16.9 Å². The molecule has 0 aliphatic heterocycles. The van der Waals surface area contributed by atoms with Gasteiger partial charge in [0.1, 0.15) is 5.75 Å². The normalized spacial score (nSPS) is 10.2. The van der Waals surface area contributed by atoms with Gasteiger partial charge in [-0.25, -0.2) is 0 Å². The minimum absolute atomic E-state index is 0.939. The summed E-state index contributed by atoms with van der Waals surface area (Å²) < 4.78 is 5.47. The molecule has 0 aliphatic rings. The molecule has 0 aliphatic carbocycles. The Kier molecular flexibility index (Phi) is 4.21. The first-order valence-electron chi connectivity index (χ1n) is 5.63. The highest BCUT2D eigenvalue weighted by atomic mass is 79.9. The van der Waals surface area contributed by atoms with Gasteiger partial charge < -0.3 is 4.74 Å². The summed E-state index contributed by atoms with van der Waals surface area (Å²) in [5.74, 6) is 0.939. The Hall–Kier alpha value is -1.28. The van der Waals surface area contributed by atoms with Gasteiger partial charge in [0.2, 0.25) is 0 Å². The number of hydrogen-bond acceptors (Lipinski definition) is 1. The number of halogens is 1. The summed E-state index contributed by atoms with van der Waals surface area (Å²) in [6.45, 7) is 0. The molecule has 0 N–H and O–H groups in total. The average molecular weight is 291 g/mol. The molecule has 2 heteroatoms. The van der Waals surface area contributed by atoms with E-state index in [1.165, 1.54) is 11.1 Å². The van der Waals surface area contributed by atoms with Crippen molar-refractivity contribution in [3.63, 3.8) is 0 Å². The van der Waals surface area contributed by atoms with E-state index in [1.807, 2.05) is 18.2 Å². The van der Waals surface area contributed by atoms with Crippen LogP contribution in [0, 0.1) is 0 Å². The highest BCUT2D eigenvalue weighted by Gasteiger charge is 2.06. The van der Waals surface area contributed by atoms with Crippen LogP contribution < -0.4 is 4.74 Å². The van der Waals surface area contributed by atoms with E-state index in [0.29, 0.717) is 0 Å². The zero-order valence-corrected chi connectivity index (χ0v) is 11.4. The van der Waals surface area contributed by atoms with Crippen LogP contribution in [0.3, 0.4) is 0 Å². The molecule has 0 saturated heterocycles. The van der Waals surface area contributed by atoms with Crippen LogP contribution >= 0.6 is 15.9 Å². The number of ether oxygens (including phenoxy) is 1. The largest absolute Gasteiger partial charge is 0.496 e. The summed E-state index contributed by atoms with van der Waals surface area (Å²) in [4.78, 5) is 0. The minimum Gasteiger partial charge on any atom is -0.496 e. The molecular formula is C15H15BrO. The summed E-state index contributed by atoms with van der Waals surface area (Å²) in [6, 6.07) is 16.7. The Morgan fingerprint density at radius 3 is 2.47 bits per heavy atom. The molecule has 0 spiro atoms. The third-order valence-corrected chi connectivity index (χ3v) is 3.13. The van der Waals surface area contributed by atoms with Crippen LogP contribution in [0.4, 0.5) is 0 Å². The first-order chi connectivity index (χ1) is 8.35. The average Bonchev–Trinajstić information content (AvgIpc) is 2.40. The quantitative estimate of drug-likeness (QED) is 0.763. The van der Waals surface area contributed by atoms with E-state index in [9.17, 15) is 0 Å². The van der Waals surface area contributed by atoms with Crippen molar-refractivity contribution in [3.05, 3.63) is 54.1 Å². The second kappa shape index (κ2) is 5.87. The van der Waals surface area contributed by atoms with Gasteiger partial charge in [-0.05, 0) is 23.6 Å². The van der Waals surface area contributed by atoms with E-state index < -0.39 is 0 Å². The summed E-state index contributed by atoms with van der Waals surface area (Å²) in [6.07, 6.45) is 1.02. The summed E-state index contributed by atoms with van der Waals surface area (Å²) in [5, 5.41) is 0.973. The molecule has 0 unspecified atom stereocenters. The molecule has 0 aromatic heterocycles. The summed E-state index contributed by atoms with van der Waals surface area (Å²) in [5.41, 5.74) is 3.62. The Balaban J connectivity index is 2.41. The Morgan fingerprint density at radius 2 is 1.82 bits per heavy atom. The molecule has 0 radical (unpaired) electrons. The predicted octanol–water partition coefficient (Wildman–Crippen LogP) is 4.30. The maximum atomic E-state index is 5.47. The van der Waals surface area contributed by atoms with Crippen LogP contribution in [-0.2, 0) is 6.42 Å². The maximum absolute atomic E-state index is 5.47. The zero-order valence-electron chi connectivity index (χ0n) is 9.82. The van der Waals surface area contributed by atoms with Gasteiger partial charge >= 0.3 is 0 Å². The van der Waals surface area contributed by atoms with E-state index in [4.69, 9.17) is 4.74 Å². The second-order valence-electron chi connectivity index (χ2n) is 3.84. The molecule has 17 heavy (non-hydrogen) atoms. The number of alkyl halides is 1. The van der Waals surface area contributed by atoms with Gasteiger partial charge in [-0.15, -0.1) is 0 Å². The highest BCUT2D eigenvalue weighted by Crippen LogP contribution is 2.30. The molecule has 0 heterocycles. The van der Waals surface area contributed by atoms with Gasteiger partial charge in [-0.3, -0.25) is 0 Å². The molecule has 1 nitrogen and oxygen atoms in total. The van der Waals surface area contributed by atoms with E-state index in [1.54, 1.807) is 7.11 Å². The molecule has 0 saturated carbocycles. The first kappa shape index (κ1) is 12.2. The van der Waals surface area contributed by atoms with Gasteiger partial charge in [0.25, 0.3) is 0 Å². The molecule has 0 atom stereocenters. The van der Waals surface area contributed by atoms with E-state index in [-0.39, 0.29) is 0 Å². The van der Waals surface area contributed by atoms with Crippen LogP contribution in [0.25, 0.3) is 11.1 Å². The summed E-state index contributed by atoms with van der Waals surface area (Å²) in [7, 11) is 1.72. The van der Waals surface area contributed by atoms with Crippen molar-refractivity contribution in [1.29, 1.82) is 0 Å². The first-order valence-corrected chi connectivity index (χ1v) is 6.75. The molecule has 88 valence electrons. The van der Waals surface area contributed by atoms with Crippen molar-refractivity contribution in [2.45, 2.75) is 6.42 Å². The fourth-order valence-electron chi connectivity index (χ4n) is 1.86. The number of aryl methyl sites for hydroxylation is 1. The van der Waals surface area contributed by atoms with Crippen molar-refractivity contribution >= 4 is 15.9 Å². The lowest BCUT2D eigenvalue weighted by Gasteiger charge is -2.10. The molecule has 0 fully saturated rings. The minimum atomic E-state index is 0.939. The van der Waals surface area contributed by atoms with Crippen molar-refractivity contribution in [2.24, 2.45) is 0 Å². The molecule has 0 bridgehead atoms. The standard InChI is InChI=1S/C15H15BrO/c1-17-15-11-12(9-10-16)7-8-14(15)13-5-3-2-4-6-13/h2-8,11H,9-10H2,1H3. The number of methoxy groups -OCH3 is 1. The van der Waals surface area contributed by atoms with Crippen LogP contribution in [0.15, 0.2) is 48.5 Å². The van der Waals surface area contributed by atoms with Gasteiger partial charge in [0.05, 0.1) is 7.11 Å². The molecular weight excluding hydrogens is 276 g/mol. The third-order valence-electron chi connectivity index (χ3n) is 2.73. The second-order valence-corrected chi connectivity index (χ2v) is 4.63. The van der Waals surface area contributed by atoms with Crippen LogP contribution in [-0.4, -0.2) is 12.4 Å². The third kappa shape index (κ3) is 2.89. The maximum Gasteiger partial charge on any atom is 0.126 e.